The molecule has 27 heavy (non-hydrogen) atoms. The molecule has 2 aromatic rings. The molecule has 1 aromatic carbocycles. The number of piperidine rings is 1. The molecule has 0 bridgehead atoms. The summed E-state index contributed by atoms with van der Waals surface area (Å²) in [6, 6.07) is 12.1. The number of pyridine rings is 1. The summed E-state index contributed by atoms with van der Waals surface area (Å²) in [6.07, 6.45) is 4.45. The Labute approximate surface area is 166 Å². The molecule has 1 aliphatic heterocycles. The molecule has 2 N–H and O–H groups in total. The summed E-state index contributed by atoms with van der Waals surface area (Å²) in [5.41, 5.74) is 2.25. The van der Waals surface area contributed by atoms with Crippen LogP contribution < -0.4 is 15.5 Å². The maximum atomic E-state index is 6.03. The van der Waals surface area contributed by atoms with Gasteiger partial charge in [-0.2, -0.15) is 0 Å². The summed E-state index contributed by atoms with van der Waals surface area (Å²) in [7, 11) is 1.77. The molecule has 5 nitrogen and oxygen atoms in total. The Hall–Kier alpha value is -2.27. The standard InChI is InChI=1S/C21H28ClN5/c1-16-8-10-27(11-9-16)20-7-6-18(14-24-20)15-26-21(23-2)25-13-17-4-3-5-19(22)12-17/h3-7,12,14,16H,8-11,13,15H2,1-2H3,(H2,23,25,26). The van der Waals surface area contributed by atoms with Crippen molar-refractivity contribution in [1.82, 2.24) is 15.6 Å². The second kappa shape index (κ2) is 9.60. The molecule has 1 saturated heterocycles. The van der Waals surface area contributed by atoms with Crippen molar-refractivity contribution in [3.63, 3.8) is 0 Å². The van der Waals surface area contributed by atoms with Gasteiger partial charge < -0.3 is 15.5 Å². The molecule has 3 rings (SSSR count). The molecule has 0 spiro atoms. The molecule has 0 unspecified atom stereocenters. The van der Waals surface area contributed by atoms with Crippen molar-refractivity contribution >= 4 is 23.4 Å². The lowest BCUT2D eigenvalue weighted by molar-refractivity contribution is 0.436. The maximum Gasteiger partial charge on any atom is 0.191 e. The number of halogens is 1. The molecule has 0 aliphatic carbocycles. The third kappa shape index (κ3) is 5.86. The Morgan fingerprint density at radius 3 is 2.52 bits per heavy atom. The van der Waals surface area contributed by atoms with Crippen molar-refractivity contribution < 1.29 is 0 Å². The quantitative estimate of drug-likeness (QED) is 0.606. The van der Waals surface area contributed by atoms with Crippen molar-refractivity contribution in [3.8, 4) is 0 Å². The van der Waals surface area contributed by atoms with E-state index in [-0.39, 0.29) is 0 Å². The first kappa shape index (κ1) is 19.5. The van der Waals surface area contributed by atoms with Crippen LogP contribution in [0.15, 0.2) is 47.6 Å². The molecule has 2 heterocycles. The van der Waals surface area contributed by atoms with E-state index in [0.29, 0.717) is 13.1 Å². The highest BCUT2D eigenvalue weighted by atomic mass is 35.5. The molecule has 1 fully saturated rings. The SMILES string of the molecule is CN=C(NCc1ccc(N2CCC(C)CC2)nc1)NCc1cccc(Cl)c1. The van der Waals surface area contributed by atoms with Crippen LogP contribution in [0.2, 0.25) is 5.02 Å². The van der Waals surface area contributed by atoms with Crippen molar-refractivity contribution in [3.05, 3.63) is 58.7 Å². The van der Waals surface area contributed by atoms with Gasteiger partial charge >= 0.3 is 0 Å². The van der Waals surface area contributed by atoms with Gasteiger partial charge in [-0.05, 0) is 48.1 Å². The molecule has 0 radical (unpaired) electrons. The summed E-state index contributed by atoms with van der Waals surface area (Å²) < 4.78 is 0. The van der Waals surface area contributed by atoms with Crippen LogP contribution in [-0.2, 0) is 13.1 Å². The van der Waals surface area contributed by atoms with Crippen LogP contribution in [0.5, 0.6) is 0 Å². The van der Waals surface area contributed by atoms with Gasteiger partial charge in [0.1, 0.15) is 5.82 Å². The van der Waals surface area contributed by atoms with Gasteiger partial charge in [0, 0.05) is 44.4 Å². The van der Waals surface area contributed by atoms with Crippen LogP contribution in [0.25, 0.3) is 0 Å². The average molecular weight is 386 g/mol. The number of hydrogen-bond donors (Lipinski definition) is 2. The Morgan fingerprint density at radius 2 is 1.89 bits per heavy atom. The predicted molar refractivity (Wildman–Crippen MR) is 113 cm³/mol. The van der Waals surface area contributed by atoms with Crippen LogP contribution in [0, 0.1) is 5.92 Å². The lowest BCUT2D eigenvalue weighted by Crippen LogP contribution is -2.36. The second-order valence-electron chi connectivity index (χ2n) is 7.10. The van der Waals surface area contributed by atoms with Crippen LogP contribution >= 0.6 is 11.6 Å². The molecule has 0 atom stereocenters. The zero-order chi connectivity index (χ0) is 19.1. The topological polar surface area (TPSA) is 52.6 Å². The van der Waals surface area contributed by atoms with E-state index in [1.165, 1.54) is 12.8 Å². The van der Waals surface area contributed by atoms with Gasteiger partial charge in [-0.3, -0.25) is 4.99 Å². The Balaban J connectivity index is 1.48. The monoisotopic (exact) mass is 385 g/mol. The van der Waals surface area contributed by atoms with E-state index in [4.69, 9.17) is 11.6 Å². The Morgan fingerprint density at radius 1 is 1.15 bits per heavy atom. The number of aromatic nitrogens is 1. The van der Waals surface area contributed by atoms with Gasteiger partial charge in [-0.1, -0.05) is 36.7 Å². The van der Waals surface area contributed by atoms with Crippen molar-refractivity contribution in [2.24, 2.45) is 10.9 Å². The van der Waals surface area contributed by atoms with Gasteiger partial charge in [0.05, 0.1) is 0 Å². The average Bonchev–Trinajstić information content (AvgIpc) is 2.69. The van der Waals surface area contributed by atoms with E-state index < -0.39 is 0 Å². The smallest absolute Gasteiger partial charge is 0.191 e. The number of aliphatic imine (C=N–C) groups is 1. The van der Waals surface area contributed by atoms with Gasteiger partial charge in [-0.25, -0.2) is 4.98 Å². The predicted octanol–water partition coefficient (Wildman–Crippen LogP) is 3.84. The summed E-state index contributed by atoms with van der Waals surface area (Å²) >= 11 is 6.03. The van der Waals surface area contributed by atoms with Crippen molar-refractivity contribution in [2.75, 3.05) is 25.0 Å². The van der Waals surface area contributed by atoms with E-state index in [0.717, 1.165) is 46.9 Å². The summed E-state index contributed by atoms with van der Waals surface area (Å²) in [6.45, 7) is 5.88. The largest absolute Gasteiger partial charge is 0.357 e. The molecule has 1 aromatic heterocycles. The summed E-state index contributed by atoms with van der Waals surface area (Å²) in [5.74, 6) is 2.66. The van der Waals surface area contributed by atoms with E-state index in [1.54, 1.807) is 7.05 Å². The second-order valence-corrected chi connectivity index (χ2v) is 7.54. The molecule has 1 aliphatic rings. The van der Waals surface area contributed by atoms with Crippen LogP contribution in [0.3, 0.4) is 0 Å². The molecule has 0 saturated carbocycles. The molecule has 144 valence electrons. The van der Waals surface area contributed by atoms with Gasteiger partial charge in [0.25, 0.3) is 0 Å². The zero-order valence-corrected chi connectivity index (χ0v) is 16.8. The van der Waals surface area contributed by atoms with Gasteiger partial charge in [0.2, 0.25) is 0 Å². The van der Waals surface area contributed by atoms with E-state index >= 15 is 0 Å². The lowest BCUT2D eigenvalue weighted by atomic mass is 9.99. The number of rotatable bonds is 5. The van der Waals surface area contributed by atoms with E-state index in [9.17, 15) is 0 Å². The number of anilines is 1. The third-order valence-electron chi connectivity index (χ3n) is 4.95. The minimum atomic E-state index is 0.671. The highest BCUT2D eigenvalue weighted by Crippen LogP contribution is 2.21. The van der Waals surface area contributed by atoms with Crippen molar-refractivity contribution in [2.45, 2.75) is 32.9 Å². The molecule has 0 amide bonds. The highest BCUT2D eigenvalue weighted by molar-refractivity contribution is 6.30. The molecule has 6 heteroatoms. The molecular formula is C21H28ClN5. The number of hydrogen-bond acceptors (Lipinski definition) is 3. The van der Waals surface area contributed by atoms with E-state index in [1.807, 2.05) is 30.5 Å². The van der Waals surface area contributed by atoms with Gasteiger partial charge in [0.15, 0.2) is 5.96 Å². The van der Waals surface area contributed by atoms with Crippen molar-refractivity contribution in [1.29, 1.82) is 0 Å². The first-order chi connectivity index (χ1) is 13.1. The summed E-state index contributed by atoms with van der Waals surface area (Å²) in [4.78, 5) is 11.3. The normalized spacial score (nSPS) is 15.7. The number of nitrogens with zero attached hydrogens (tertiary/aromatic N) is 3. The number of guanidine groups is 1. The fraction of sp³-hybridized carbons (Fsp3) is 0.429. The minimum Gasteiger partial charge on any atom is -0.357 e. The van der Waals surface area contributed by atoms with E-state index in [2.05, 4.69) is 44.6 Å². The maximum absolute atomic E-state index is 6.03. The Kier molecular flexibility index (Phi) is 6.93. The third-order valence-corrected chi connectivity index (χ3v) is 5.18. The molecular weight excluding hydrogens is 358 g/mol. The minimum absolute atomic E-state index is 0.671. The van der Waals surface area contributed by atoms with Crippen LogP contribution in [0.1, 0.15) is 30.9 Å². The Bertz CT molecular complexity index is 751. The first-order valence-corrected chi connectivity index (χ1v) is 9.90. The zero-order valence-electron chi connectivity index (χ0n) is 16.1. The number of benzene rings is 1. The first-order valence-electron chi connectivity index (χ1n) is 9.53. The number of nitrogens with one attached hydrogen (secondary N) is 2. The van der Waals surface area contributed by atoms with Gasteiger partial charge in [-0.15, -0.1) is 0 Å². The summed E-state index contributed by atoms with van der Waals surface area (Å²) in [5, 5.41) is 7.37. The lowest BCUT2D eigenvalue weighted by Gasteiger charge is -2.31. The highest BCUT2D eigenvalue weighted by Gasteiger charge is 2.16. The van der Waals surface area contributed by atoms with Crippen LogP contribution in [-0.4, -0.2) is 31.1 Å². The van der Waals surface area contributed by atoms with Crippen LogP contribution in [0.4, 0.5) is 5.82 Å². The fourth-order valence-corrected chi connectivity index (χ4v) is 3.40. The fourth-order valence-electron chi connectivity index (χ4n) is 3.19.